The number of alkyl carbamates (subject to hydrolysis) is 2. The number of aliphatic imine (C=N–C) groups is 1. The molecule has 11 heteroatoms. The van der Waals surface area contributed by atoms with Crippen molar-refractivity contribution in [1.82, 2.24) is 10.6 Å². The van der Waals surface area contributed by atoms with E-state index in [-0.39, 0.29) is 38.6 Å². The Hall–Kier alpha value is -2.85. The standard InChI is InChI=1S/C25H45N3O8/c1-3-5-10-18-33-22(29)13-14-23(30)34-19-11-12-20-35-24(31)27-15-8-6-7-9-16-28-25(32)36-21-17-26-4-2/h4H,3,5-21H2,1-2H3,(H,27,31)(H,28,32). The van der Waals surface area contributed by atoms with Gasteiger partial charge in [0.2, 0.25) is 0 Å². The molecule has 0 aromatic heterocycles. The minimum atomic E-state index is -0.471. The zero-order valence-corrected chi connectivity index (χ0v) is 22.0. The lowest BCUT2D eigenvalue weighted by Crippen LogP contribution is -2.26. The second-order valence-electron chi connectivity index (χ2n) is 8.06. The van der Waals surface area contributed by atoms with Crippen LogP contribution >= 0.6 is 0 Å². The van der Waals surface area contributed by atoms with Crippen LogP contribution in [0.15, 0.2) is 4.99 Å². The predicted octanol–water partition coefficient (Wildman–Crippen LogP) is 3.93. The van der Waals surface area contributed by atoms with E-state index in [0.717, 1.165) is 44.9 Å². The highest BCUT2D eigenvalue weighted by atomic mass is 16.6. The van der Waals surface area contributed by atoms with Gasteiger partial charge < -0.3 is 29.6 Å². The quantitative estimate of drug-likeness (QED) is 0.0956. The molecule has 0 atom stereocenters. The number of carbonyl (C=O) groups excluding carboxylic acids is 4. The van der Waals surface area contributed by atoms with E-state index in [1.54, 1.807) is 6.21 Å². The number of hydrogen-bond acceptors (Lipinski definition) is 9. The fourth-order valence-electron chi connectivity index (χ4n) is 2.85. The van der Waals surface area contributed by atoms with E-state index in [4.69, 9.17) is 18.9 Å². The second-order valence-corrected chi connectivity index (χ2v) is 8.06. The highest BCUT2D eigenvalue weighted by Gasteiger charge is 2.09. The van der Waals surface area contributed by atoms with Crippen LogP contribution in [0.5, 0.6) is 0 Å². The Bertz CT molecular complexity index is 628. The van der Waals surface area contributed by atoms with Crippen LogP contribution < -0.4 is 10.6 Å². The largest absolute Gasteiger partial charge is 0.466 e. The first kappa shape index (κ1) is 33.1. The molecule has 0 heterocycles. The Morgan fingerprint density at radius 3 is 1.61 bits per heavy atom. The van der Waals surface area contributed by atoms with Gasteiger partial charge in [-0.3, -0.25) is 14.6 Å². The van der Waals surface area contributed by atoms with Crippen LogP contribution in [0.25, 0.3) is 0 Å². The van der Waals surface area contributed by atoms with Gasteiger partial charge in [0.25, 0.3) is 0 Å². The van der Waals surface area contributed by atoms with Crippen LogP contribution in [0.3, 0.4) is 0 Å². The first-order valence-corrected chi connectivity index (χ1v) is 13.1. The van der Waals surface area contributed by atoms with Gasteiger partial charge in [0.1, 0.15) is 6.61 Å². The molecule has 0 bridgehead atoms. The van der Waals surface area contributed by atoms with Gasteiger partial charge in [0.15, 0.2) is 0 Å². The molecule has 0 aliphatic rings. The van der Waals surface area contributed by atoms with Crippen molar-refractivity contribution in [2.75, 3.05) is 46.1 Å². The fraction of sp³-hybridized carbons (Fsp3) is 0.800. The molecule has 0 fully saturated rings. The van der Waals surface area contributed by atoms with E-state index in [9.17, 15) is 19.2 Å². The Kier molecular flexibility index (Phi) is 23.3. The Labute approximate surface area is 215 Å². The van der Waals surface area contributed by atoms with Crippen LogP contribution in [0.2, 0.25) is 0 Å². The molecule has 2 amide bonds. The summed E-state index contributed by atoms with van der Waals surface area (Å²) in [7, 11) is 0. The minimum Gasteiger partial charge on any atom is -0.466 e. The Morgan fingerprint density at radius 2 is 1.11 bits per heavy atom. The highest BCUT2D eigenvalue weighted by molar-refractivity contribution is 5.77. The average molecular weight is 516 g/mol. The van der Waals surface area contributed by atoms with Gasteiger partial charge in [-0.2, -0.15) is 0 Å². The van der Waals surface area contributed by atoms with Crippen molar-refractivity contribution < 1.29 is 38.1 Å². The maximum atomic E-state index is 11.6. The fourth-order valence-corrected chi connectivity index (χ4v) is 2.85. The van der Waals surface area contributed by atoms with Crippen molar-refractivity contribution in [3.05, 3.63) is 0 Å². The van der Waals surface area contributed by atoms with Crippen LogP contribution in [0.4, 0.5) is 9.59 Å². The van der Waals surface area contributed by atoms with Crippen molar-refractivity contribution >= 4 is 30.3 Å². The van der Waals surface area contributed by atoms with Crippen LogP contribution in [0.1, 0.15) is 84.5 Å². The van der Waals surface area contributed by atoms with Gasteiger partial charge in [-0.1, -0.05) is 32.6 Å². The molecule has 208 valence electrons. The number of amides is 2. The molecule has 0 saturated carbocycles. The maximum Gasteiger partial charge on any atom is 0.407 e. The zero-order valence-electron chi connectivity index (χ0n) is 22.0. The zero-order chi connectivity index (χ0) is 26.7. The number of carbonyl (C=O) groups is 4. The number of rotatable bonds is 22. The first-order chi connectivity index (χ1) is 17.5. The van der Waals surface area contributed by atoms with Crippen LogP contribution in [0, 0.1) is 0 Å². The van der Waals surface area contributed by atoms with Crippen molar-refractivity contribution in [2.45, 2.75) is 84.5 Å². The summed E-state index contributed by atoms with van der Waals surface area (Å²) in [6.07, 6.45) is 8.32. The summed E-state index contributed by atoms with van der Waals surface area (Å²) in [6.45, 7) is 6.53. The molecule has 0 rings (SSSR count). The highest BCUT2D eigenvalue weighted by Crippen LogP contribution is 2.01. The average Bonchev–Trinajstić information content (AvgIpc) is 2.86. The van der Waals surface area contributed by atoms with Gasteiger partial charge in [-0.25, -0.2) is 9.59 Å². The molecule has 0 unspecified atom stereocenters. The molecule has 0 aromatic rings. The van der Waals surface area contributed by atoms with Crippen molar-refractivity contribution in [3.63, 3.8) is 0 Å². The molecule has 11 nitrogen and oxygen atoms in total. The molecule has 0 spiro atoms. The van der Waals surface area contributed by atoms with E-state index in [1.807, 2.05) is 6.92 Å². The number of ether oxygens (including phenoxy) is 4. The van der Waals surface area contributed by atoms with E-state index in [2.05, 4.69) is 22.5 Å². The number of nitrogens with one attached hydrogen (secondary N) is 2. The SMILES string of the molecule is CC=NCCOC(=O)NCCCCCCNC(=O)OCCCCOC(=O)CCC(=O)OCCCCC. The van der Waals surface area contributed by atoms with Gasteiger partial charge in [-0.05, 0) is 45.2 Å². The predicted molar refractivity (Wildman–Crippen MR) is 136 cm³/mol. The van der Waals surface area contributed by atoms with E-state index < -0.39 is 18.2 Å². The van der Waals surface area contributed by atoms with E-state index in [0.29, 0.717) is 39.1 Å². The summed E-state index contributed by atoms with van der Waals surface area (Å²) in [5, 5.41) is 5.38. The molecular weight excluding hydrogens is 470 g/mol. The third-order valence-corrected chi connectivity index (χ3v) is 4.86. The summed E-state index contributed by atoms with van der Waals surface area (Å²) >= 11 is 0. The number of hydrogen-bond donors (Lipinski definition) is 2. The summed E-state index contributed by atoms with van der Waals surface area (Å²) < 4.78 is 20.1. The van der Waals surface area contributed by atoms with Crippen molar-refractivity contribution in [3.8, 4) is 0 Å². The lowest BCUT2D eigenvalue weighted by molar-refractivity contribution is -0.150. The van der Waals surface area contributed by atoms with Crippen LogP contribution in [-0.2, 0) is 28.5 Å². The molecule has 0 aliphatic heterocycles. The Morgan fingerprint density at radius 1 is 0.639 bits per heavy atom. The lowest BCUT2D eigenvalue weighted by atomic mass is 10.2. The van der Waals surface area contributed by atoms with Crippen molar-refractivity contribution in [1.29, 1.82) is 0 Å². The van der Waals surface area contributed by atoms with Gasteiger partial charge in [0, 0.05) is 13.1 Å². The first-order valence-electron chi connectivity index (χ1n) is 13.1. The molecule has 2 N–H and O–H groups in total. The molecule has 0 aromatic carbocycles. The van der Waals surface area contributed by atoms with Crippen LogP contribution in [-0.4, -0.2) is 76.4 Å². The van der Waals surface area contributed by atoms with Gasteiger partial charge in [0.05, 0.1) is 39.2 Å². The second kappa shape index (κ2) is 25.2. The topological polar surface area (TPSA) is 142 Å². The molecule has 36 heavy (non-hydrogen) atoms. The van der Waals surface area contributed by atoms with Crippen molar-refractivity contribution in [2.24, 2.45) is 4.99 Å². The minimum absolute atomic E-state index is 0.00359. The summed E-state index contributed by atoms with van der Waals surface area (Å²) in [5.41, 5.74) is 0. The molecule has 0 aliphatic carbocycles. The summed E-state index contributed by atoms with van der Waals surface area (Å²) in [4.78, 5) is 50.1. The third kappa shape index (κ3) is 24.3. The summed E-state index contributed by atoms with van der Waals surface area (Å²) in [6, 6.07) is 0. The normalized spacial score (nSPS) is 10.6. The smallest absolute Gasteiger partial charge is 0.407 e. The number of esters is 2. The third-order valence-electron chi connectivity index (χ3n) is 4.86. The molecule has 0 saturated heterocycles. The monoisotopic (exact) mass is 515 g/mol. The van der Waals surface area contributed by atoms with E-state index >= 15 is 0 Å². The summed E-state index contributed by atoms with van der Waals surface area (Å²) in [5.74, 6) is -0.821. The molecule has 0 radical (unpaired) electrons. The maximum absolute atomic E-state index is 11.6. The number of nitrogens with zero attached hydrogens (tertiary/aromatic N) is 1. The lowest BCUT2D eigenvalue weighted by Gasteiger charge is -2.08. The number of unbranched alkanes of at least 4 members (excludes halogenated alkanes) is 6. The van der Waals surface area contributed by atoms with Gasteiger partial charge in [-0.15, -0.1) is 0 Å². The van der Waals surface area contributed by atoms with Gasteiger partial charge >= 0.3 is 24.1 Å². The van der Waals surface area contributed by atoms with E-state index in [1.165, 1.54) is 0 Å². The molecular formula is C25H45N3O8. The Balaban J connectivity index is 3.43.